The second-order valence-electron chi connectivity index (χ2n) is 9.14. The summed E-state index contributed by atoms with van der Waals surface area (Å²) < 4.78 is 19.2. The predicted molar refractivity (Wildman–Crippen MR) is 119 cm³/mol. The number of benzene rings is 2. The first kappa shape index (κ1) is 21.5. The summed E-state index contributed by atoms with van der Waals surface area (Å²) in [5.41, 5.74) is 1.83. The van der Waals surface area contributed by atoms with Crippen LogP contribution in [0, 0.1) is 5.82 Å². The third-order valence-corrected chi connectivity index (χ3v) is 7.27. The molecule has 0 aromatic heterocycles. The van der Waals surface area contributed by atoms with Gasteiger partial charge in [0.25, 0.3) is 0 Å². The highest BCUT2D eigenvalue weighted by atomic mass is 19.1. The minimum absolute atomic E-state index is 0.0261. The minimum atomic E-state index is -0.256. The van der Waals surface area contributed by atoms with Crippen LogP contribution in [0.15, 0.2) is 54.6 Å². The number of halogens is 1. The van der Waals surface area contributed by atoms with Crippen LogP contribution in [0.4, 0.5) is 4.39 Å². The maximum atomic E-state index is 13.8. The third-order valence-electron chi connectivity index (χ3n) is 7.27. The predicted octanol–water partition coefficient (Wildman–Crippen LogP) is 1.70. The summed E-state index contributed by atoms with van der Waals surface area (Å²) >= 11 is 0. The van der Waals surface area contributed by atoms with E-state index in [1.54, 1.807) is 12.1 Å². The van der Waals surface area contributed by atoms with Crippen LogP contribution in [0.5, 0.6) is 0 Å². The Hall–Kier alpha value is -2.32. The Labute approximate surface area is 188 Å². The molecule has 0 radical (unpaired) electrons. The fraction of sp³-hybridized carbons (Fsp3) is 0.480. The highest BCUT2D eigenvalue weighted by Gasteiger charge is 2.66. The number of carbonyl (C=O) groups is 1. The maximum absolute atomic E-state index is 13.8. The molecule has 0 unspecified atom stereocenters. The Kier molecular flexibility index (Phi) is 5.99. The molecule has 3 heterocycles. The van der Waals surface area contributed by atoms with Gasteiger partial charge in [-0.05, 0) is 23.3 Å². The van der Waals surface area contributed by atoms with Crippen LogP contribution in [-0.2, 0) is 16.1 Å². The van der Waals surface area contributed by atoms with Gasteiger partial charge in [0.15, 0.2) is 0 Å². The van der Waals surface area contributed by atoms with E-state index in [1.807, 2.05) is 29.2 Å². The highest BCUT2D eigenvalue weighted by Crippen LogP contribution is 2.54. The molecule has 32 heavy (non-hydrogen) atoms. The van der Waals surface area contributed by atoms with Gasteiger partial charge in [0.05, 0.1) is 31.9 Å². The van der Waals surface area contributed by atoms with Gasteiger partial charge in [-0.1, -0.05) is 42.5 Å². The highest BCUT2D eigenvalue weighted by molar-refractivity contribution is 5.80. The van der Waals surface area contributed by atoms with Gasteiger partial charge in [0, 0.05) is 44.7 Å². The minimum Gasteiger partial charge on any atom is -0.395 e. The molecule has 3 saturated heterocycles. The van der Waals surface area contributed by atoms with Gasteiger partial charge in [-0.15, -0.1) is 0 Å². The topological polar surface area (TPSA) is 56.3 Å². The molecule has 3 aliphatic heterocycles. The fourth-order valence-electron chi connectivity index (χ4n) is 5.69. The summed E-state index contributed by atoms with van der Waals surface area (Å²) in [7, 11) is 0. The largest absolute Gasteiger partial charge is 0.395 e. The molecule has 170 valence electrons. The van der Waals surface area contributed by atoms with Crippen LogP contribution in [-0.4, -0.2) is 89.8 Å². The van der Waals surface area contributed by atoms with E-state index in [0.717, 1.165) is 18.7 Å². The summed E-state index contributed by atoms with van der Waals surface area (Å²) in [5, 5.41) is 10.2. The van der Waals surface area contributed by atoms with Crippen molar-refractivity contribution in [2.45, 2.75) is 24.0 Å². The lowest BCUT2D eigenvalue weighted by molar-refractivity contribution is -0.200. The lowest BCUT2D eigenvalue weighted by Crippen LogP contribution is -2.84. The van der Waals surface area contributed by atoms with Crippen LogP contribution >= 0.6 is 0 Å². The Morgan fingerprint density at radius 3 is 2.53 bits per heavy atom. The van der Waals surface area contributed by atoms with Gasteiger partial charge in [-0.3, -0.25) is 14.6 Å². The van der Waals surface area contributed by atoms with Gasteiger partial charge in [-0.2, -0.15) is 0 Å². The van der Waals surface area contributed by atoms with Crippen molar-refractivity contribution in [1.82, 2.24) is 14.7 Å². The zero-order valence-electron chi connectivity index (χ0n) is 18.2. The number of hydrogen-bond donors (Lipinski definition) is 1. The van der Waals surface area contributed by atoms with Crippen molar-refractivity contribution in [2.75, 3.05) is 52.5 Å². The second-order valence-corrected chi connectivity index (χ2v) is 9.14. The zero-order valence-corrected chi connectivity index (χ0v) is 18.2. The van der Waals surface area contributed by atoms with Crippen molar-refractivity contribution in [2.24, 2.45) is 0 Å². The molecule has 1 N–H and O–H groups in total. The van der Waals surface area contributed by atoms with E-state index < -0.39 is 0 Å². The second kappa shape index (κ2) is 8.90. The monoisotopic (exact) mass is 439 g/mol. The number of morpholine rings is 1. The lowest BCUT2D eigenvalue weighted by atomic mass is 9.60. The molecular weight excluding hydrogens is 409 g/mol. The number of nitrogens with zero attached hydrogens (tertiary/aromatic N) is 3. The molecule has 0 bridgehead atoms. The normalized spacial score (nSPS) is 25.4. The SMILES string of the molecule is O=C(CN1CCOCC1)N1CC2(C1)[C@H](c1ccccc1)[C@H](CO)N2Cc1cccc(F)c1. The van der Waals surface area contributed by atoms with Crippen molar-refractivity contribution in [3.63, 3.8) is 0 Å². The van der Waals surface area contributed by atoms with E-state index in [2.05, 4.69) is 21.9 Å². The molecule has 6 nitrogen and oxygen atoms in total. The molecule has 2 aromatic carbocycles. The molecule has 3 fully saturated rings. The molecule has 3 aliphatic rings. The number of aliphatic hydroxyl groups is 1. The lowest BCUT2D eigenvalue weighted by Gasteiger charge is -2.71. The van der Waals surface area contributed by atoms with E-state index in [4.69, 9.17) is 4.74 Å². The van der Waals surface area contributed by atoms with Crippen LogP contribution in [0.1, 0.15) is 17.0 Å². The van der Waals surface area contributed by atoms with E-state index in [9.17, 15) is 14.3 Å². The van der Waals surface area contributed by atoms with Crippen molar-refractivity contribution < 1.29 is 19.0 Å². The van der Waals surface area contributed by atoms with E-state index in [0.29, 0.717) is 39.4 Å². The van der Waals surface area contributed by atoms with E-state index >= 15 is 0 Å². The number of rotatable bonds is 6. The zero-order chi connectivity index (χ0) is 22.1. The smallest absolute Gasteiger partial charge is 0.236 e. The van der Waals surface area contributed by atoms with Gasteiger partial charge in [-0.25, -0.2) is 4.39 Å². The van der Waals surface area contributed by atoms with E-state index in [1.165, 1.54) is 11.6 Å². The number of amides is 1. The van der Waals surface area contributed by atoms with Crippen LogP contribution < -0.4 is 0 Å². The average molecular weight is 440 g/mol. The molecule has 2 atom stereocenters. The standard InChI is InChI=1S/C25H30FN3O3/c26-21-8-4-5-19(13-21)14-29-22(16-30)24(20-6-2-1-3-7-20)25(29)17-28(18-25)23(31)15-27-9-11-32-12-10-27/h1-8,13,22,24,30H,9-12,14-18H2/t22-,24+/m0/s1. The van der Waals surface area contributed by atoms with E-state index in [-0.39, 0.29) is 35.8 Å². The quantitative estimate of drug-likeness (QED) is 0.743. The molecule has 1 spiro atoms. The Balaban J connectivity index is 1.35. The summed E-state index contributed by atoms with van der Waals surface area (Å²) in [6.45, 7) is 5.17. The Morgan fingerprint density at radius 1 is 1.09 bits per heavy atom. The molecule has 0 saturated carbocycles. The van der Waals surface area contributed by atoms with Crippen molar-refractivity contribution in [1.29, 1.82) is 0 Å². The maximum Gasteiger partial charge on any atom is 0.236 e. The number of aliphatic hydroxyl groups excluding tert-OH is 1. The summed E-state index contributed by atoms with van der Waals surface area (Å²) in [5.74, 6) is 0.0188. The number of likely N-dealkylation sites (tertiary alicyclic amines) is 2. The molecule has 1 amide bonds. The fourth-order valence-corrected chi connectivity index (χ4v) is 5.69. The first-order chi connectivity index (χ1) is 15.6. The number of hydrogen-bond acceptors (Lipinski definition) is 5. The molecule has 7 heteroatoms. The number of carbonyl (C=O) groups excluding carboxylic acids is 1. The van der Waals surface area contributed by atoms with Crippen LogP contribution in [0.3, 0.4) is 0 Å². The summed E-state index contributed by atoms with van der Waals surface area (Å²) in [6, 6.07) is 16.8. The average Bonchev–Trinajstić information content (AvgIpc) is 2.77. The van der Waals surface area contributed by atoms with Crippen molar-refractivity contribution in [3.8, 4) is 0 Å². The van der Waals surface area contributed by atoms with Crippen molar-refractivity contribution >= 4 is 5.91 Å². The van der Waals surface area contributed by atoms with Gasteiger partial charge in [0.1, 0.15) is 5.82 Å². The summed E-state index contributed by atoms with van der Waals surface area (Å²) in [6.07, 6.45) is 0. The first-order valence-corrected chi connectivity index (χ1v) is 11.4. The molecule has 2 aromatic rings. The summed E-state index contributed by atoms with van der Waals surface area (Å²) in [4.78, 5) is 19.3. The molecule has 0 aliphatic carbocycles. The van der Waals surface area contributed by atoms with Gasteiger partial charge in [0.2, 0.25) is 5.91 Å². The van der Waals surface area contributed by atoms with Crippen molar-refractivity contribution in [3.05, 3.63) is 71.5 Å². The van der Waals surface area contributed by atoms with Crippen LogP contribution in [0.25, 0.3) is 0 Å². The van der Waals surface area contributed by atoms with Crippen LogP contribution in [0.2, 0.25) is 0 Å². The third kappa shape index (κ3) is 3.83. The molecule has 5 rings (SSSR count). The molecular formula is C25H30FN3O3. The van der Waals surface area contributed by atoms with Gasteiger partial charge < -0.3 is 14.7 Å². The Bertz CT molecular complexity index is 944. The van der Waals surface area contributed by atoms with Gasteiger partial charge >= 0.3 is 0 Å². The Morgan fingerprint density at radius 2 is 1.84 bits per heavy atom. The first-order valence-electron chi connectivity index (χ1n) is 11.4. The number of ether oxygens (including phenoxy) is 1.